The maximum Gasteiger partial charge on any atom is 0.260 e. The highest BCUT2D eigenvalue weighted by Crippen LogP contribution is 2.31. The van der Waals surface area contributed by atoms with Gasteiger partial charge in [-0.3, -0.25) is 14.5 Å². The molecule has 2 N–H and O–H groups in total. The van der Waals surface area contributed by atoms with Gasteiger partial charge in [-0.1, -0.05) is 41.9 Å². The smallest absolute Gasteiger partial charge is 0.260 e. The minimum atomic E-state index is -3.69. The lowest BCUT2D eigenvalue weighted by atomic mass is 9.84. The van der Waals surface area contributed by atoms with Crippen LogP contribution < -0.4 is 5.73 Å². The second-order valence-electron chi connectivity index (χ2n) is 10.3. The highest BCUT2D eigenvalue weighted by Gasteiger charge is 2.37. The van der Waals surface area contributed by atoms with Crippen molar-refractivity contribution >= 4 is 61.5 Å². The van der Waals surface area contributed by atoms with E-state index in [9.17, 15) is 18.0 Å². The van der Waals surface area contributed by atoms with Crippen LogP contribution in [-0.4, -0.2) is 71.7 Å². The summed E-state index contributed by atoms with van der Waals surface area (Å²) < 4.78 is 28.1. The number of carbonyl (C=O) groups is 2. The number of hydrogen-bond acceptors (Lipinski definition) is 5. The Labute approximate surface area is 244 Å². The van der Waals surface area contributed by atoms with Crippen molar-refractivity contribution in [2.75, 3.05) is 26.2 Å². The number of fused-ring (bicyclic) bond motifs is 1. The first-order chi connectivity index (χ1) is 19.1. The molecule has 11 heteroatoms. The number of piperazine rings is 1. The Morgan fingerprint density at radius 3 is 2.15 bits per heavy atom. The largest absolute Gasteiger partial charge is 0.376 e. The SMILES string of the molecule is NC(=S)N(C(=O)c1ccccc1)C1CCC(C(=O)N2CCN(S(=O)(=O)c3ccc4cc(Cl)ccc4c3)CC2)CC1. The van der Waals surface area contributed by atoms with E-state index in [1.54, 1.807) is 65.6 Å². The number of hydrogen-bond donors (Lipinski definition) is 1. The van der Waals surface area contributed by atoms with E-state index in [1.165, 1.54) is 9.21 Å². The molecule has 1 aliphatic carbocycles. The summed E-state index contributed by atoms with van der Waals surface area (Å²) in [6.07, 6.45) is 2.47. The molecule has 5 rings (SSSR count). The maximum absolute atomic E-state index is 13.3. The highest BCUT2D eigenvalue weighted by atomic mass is 35.5. The molecule has 40 heavy (non-hydrogen) atoms. The summed E-state index contributed by atoms with van der Waals surface area (Å²) in [5.74, 6) is -0.364. The lowest BCUT2D eigenvalue weighted by Crippen LogP contribution is -2.53. The Bertz CT molecular complexity index is 1530. The molecule has 1 saturated heterocycles. The molecular formula is C29H31ClN4O4S2. The van der Waals surface area contributed by atoms with Gasteiger partial charge in [0, 0.05) is 48.7 Å². The summed E-state index contributed by atoms with van der Waals surface area (Å²) in [5, 5.41) is 2.31. The Balaban J connectivity index is 1.17. The minimum absolute atomic E-state index is 0.0364. The molecule has 0 radical (unpaired) electrons. The molecule has 3 aromatic carbocycles. The summed E-state index contributed by atoms with van der Waals surface area (Å²) in [6, 6.07) is 19.1. The van der Waals surface area contributed by atoms with E-state index < -0.39 is 10.0 Å². The number of nitrogens with two attached hydrogens (primary N) is 1. The summed E-state index contributed by atoms with van der Waals surface area (Å²) in [4.78, 5) is 29.9. The quantitative estimate of drug-likeness (QED) is 0.440. The maximum atomic E-state index is 13.3. The number of carbonyl (C=O) groups excluding carboxylic acids is 2. The second kappa shape index (κ2) is 11.8. The van der Waals surface area contributed by atoms with Crippen molar-refractivity contribution in [3.63, 3.8) is 0 Å². The number of benzene rings is 3. The average molecular weight is 599 g/mol. The third kappa shape index (κ3) is 5.85. The number of thiocarbonyl (C=S) groups is 1. The zero-order valence-corrected chi connectivity index (χ0v) is 24.3. The van der Waals surface area contributed by atoms with Crippen molar-refractivity contribution < 1.29 is 18.0 Å². The van der Waals surface area contributed by atoms with Crippen LogP contribution in [-0.2, 0) is 14.8 Å². The van der Waals surface area contributed by atoms with Gasteiger partial charge in [-0.15, -0.1) is 0 Å². The van der Waals surface area contributed by atoms with Gasteiger partial charge in [0.1, 0.15) is 0 Å². The molecule has 2 aliphatic rings. The van der Waals surface area contributed by atoms with Crippen LogP contribution in [0.15, 0.2) is 71.6 Å². The van der Waals surface area contributed by atoms with Crippen LogP contribution in [0.2, 0.25) is 5.02 Å². The van der Waals surface area contributed by atoms with Crippen LogP contribution in [0.5, 0.6) is 0 Å². The third-order valence-corrected chi connectivity index (χ3v) is 10.2. The molecule has 0 unspecified atom stereocenters. The van der Waals surface area contributed by atoms with E-state index in [1.807, 2.05) is 6.07 Å². The topological polar surface area (TPSA) is 104 Å². The number of halogens is 1. The molecule has 0 atom stereocenters. The number of sulfonamides is 1. The molecule has 1 heterocycles. The molecule has 3 aromatic rings. The Kier molecular flexibility index (Phi) is 8.42. The normalized spacial score (nSPS) is 20.3. The van der Waals surface area contributed by atoms with Crippen molar-refractivity contribution in [3.05, 3.63) is 77.3 Å². The summed E-state index contributed by atoms with van der Waals surface area (Å²) in [7, 11) is -3.69. The summed E-state index contributed by atoms with van der Waals surface area (Å²) in [6.45, 7) is 1.16. The molecule has 0 spiro atoms. The second-order valence-corrected chi connectivity index (χ2v) is 13.1. The van der Waals surface area contributed by atoms with Crippen LogP contribution in [0.3, 0.4) is 0 Å². The molecule has 2 fully saturated rings. The fourth-order valence-corrected chi connectivity index (χ4v) is 7.53. The van der Waals surface area contributed by atoms with E-state index >= 15 is 0 Å². The fourth-order valence-electron chi connectivity index (χ4n) is 5.66. The van der Waals surface area contributed by atoms with Gasteiger partial charge in [-0.05, 0) is 85.1 Å². The molecule has 210 valence electrons. The lowest BCUT2D eigenvalue weighted by molar-refractivity contribution is -0.138. The van der Waals surface area contributed by atoms with Gasteiger partial charge in [0.2, 0.25) is 15.9 Å². The van der Waals surface area contributed by atoms with E-state index in [-0.39, 0.29) is 46.9 Å². The Morgan fingerprint density at radius 1 is 0.875 bits per heavy atom. The van der Waals surface area contributed by atoms with E-state index in [0.29, 0.717) is 49.4 Å². The van der Waals surface area contributed by atoms with Gasteiger partial charge in [-0.25, -0.2) is 8.42 Å². The molecule has 0 bridgehead atoms. The van der Waals surface area contributed by atoms with Crippen molar-refractivity contribution in [2.45, 2.75) is 36.6 Å². The summed E-state index contributed by atoms with van der Waals surface area (Å²) >= 11 is 11.3. The zero-order valence-electron chi connectivity index (χ0n) is 21.9. The van der Waals surface area contributed by atoms with Crippen LogP contribution in [0.1, 0.15) is 36.0 Å². The van der Waals surface area contributed by atoms with Crippen LogP contribution in [0, 0.1) is 5.92 Å². The number of amides is 2. The van der Waals surface area contributed by atoms with Gasteiger partial charge in [0.05, 0.1) is 4.90 Å². The number of rotatable bonds is 5. The average Bonchev–Trinajstić information content (AvgIpc) is 2.97. The molecule has 1 saturated carbocycles. The first-order valence-electron chi connectivity index (χ1n) is 13.3. The van der Waals surface area contributed by atoms with E-state index in [2.05, 4.69) is 0 Å². The highest BCUT2D eigenvalue weighted by molar-refractivity contribution is 7.89. The van der Waals surface area contributed by atoms with E-state index in [4.69, 9.17) is 29.6 Å². The van der Waals surface area contributed by atoms with Crippen molar-refractivity contribution in [3.8, 4) is 0 Å². The predicted molar refractivity (Wildman–Crippen MR) is 159 cm³/mol. The van der Waals surface area contributed by atoms with Crippen molar-refractivity contribution in [1.29, 1.82) is 0 Å². The molecule has 1 aliphatic heterocycles. The number of nitrogens with zero attached hydrogens (tertiary/aromatic N) is 3. The standard InChI is InChI=1S/C29H31ClN4O4S2/c30-24-10-6-23-19-26(13-9-22(23)18-24)40(37,38)33-16-14-32(15-17-33)27(35)21-7-11-25(12-8-21)34(29(31)39)28(36)20-4-2-1-3-5-20/h1-6,9-10,13,18-19,21,25H,7-8,11-12,14-17H2,(H2,31,39). The fraction of sp³-hybridized carbons (Fsp3) is 0.345. The zero-order chi connectivity index (χ0) is 28.4. The van der Waals surface area contributed by atoms with Crippen LogP contribution in [0.25, 0.3) is 10.8 Å². The molecule has 8 nitrogen and oxygen atoms in total. The first kappa shape index (κ1) is 28.5. The van der Waals surface area contributed by atoms with Gasteiger partial charge in [-0.2, -0.15) is 4.31 Å². The Hall–Kier alpha value is -3.05. The van der Waals surface area contributed by atoms with Crippen molar-refractivity contribution in [1.82, 2.24) is 14.1 Å². The van der Waals surface area contributed by atoms with Gasteiger partial charge in [0.15, 0.2) is 5.11 Å². The van der Waals surface area contributed by atoms with Crippen LogP contribution >= 0.6 is 23.8 Å². The predicted octanol–water partition coefficient (Wildman–Crippen LogP) is 4.27. The minimum Gasteiger partial charge on any atom is -0.376 e. The van der Waals surface area contributed by atoms with Crippen molar-refractivity contribution in [2.24, 2.45) is 11.7 Å². The molecular weight excluding hydrogens is 568 g/mol. The Morgan fingerprint density at radius 2 is 1.50 bits per heavy atom. The van der Waals surface area contributed by atoms with Gasteiger partial charge < -0.3 is 10.6 Å². The molecule has 2 amide bonds. The molecule has 0 aromatic heterocycles. The lowest BCUT2D eigenvalue weighted by Gasteiger charge is -2.39. The first-order valence-corrected chi connectivity index (χ1v) is 15.5. The van der Waals surface area contributed by atoms with Gasteiger partial charge >= 0.3 is 0 Å². The van der Waals surface area contributed by atoms with E-state index in [0.717, 1.165) is 10.8 Å². The monoisotopic (exact) mass is 598 g/mol. The summed E-state index contributed by atoms with van der Waals surface area (Å²) in [5.41, 5.74) is 6.47. The van der Waals surface area contributed by atoms with Crippen LogP contribution in [0.4, 0.5) is 0 Å². The van der Waals surface area contributed by atoms with Gasteiger partial charge in [0.25, 0.3) is 5.91 Å². The third-order valence-electron chi connectivity index (χ3n) is 7.85.